The molecule has 1 N–H and O–H groups in total. The molecule has 0 aromatic heterocycles. The molecule has 5 nitrogen and oxygen atoms in total. The average Bonchev–Trinajstić information content (AvgIpc) is 2.55. The molecule has 0 atom stereocenters. The first-order valence-electron chi connectivity index (χ1n) is 7.24. The van der Waals surface area contributed by atoms with E-state index in [1.54, 1.807) is 32.4 Å². The Bertz CT molecular complexity index is 697. The van der Waals surface area contributed by atoms with E-state index in [9.17, 15) is 4.79 Å². The monoisotopic (exact) mass is 315 g/mol. The van der Waals surface area contributed by atoms with Crippen molar-refractivity contribution in [2.24, 2.45) is 0 Å². The Hall–Kier alpha value is -2.53. The number of aryl methyl sites for hydroxylation is 1. The number of anilines is 1. The molecule has 0 bridgehead atoms. The van der Waals surface area contributed by atoms with Gasteiger partial charge in [-0.3, -0.25) is 4.79 Å². The van der Waals surface area contributed by atoms with Gasteiger partial charge in [-0.1, -0.05) is 17.7 Å². The molecule has 2 aromatic carbocycles. The lowest BCUT2D eigenvalue weighted by Crippen LogP contribution is -2.13. The molecule has 0 saturated carbocycles. The third-order valence-electron chi connectivity index (χ3n) is 3.44. The van der Waals surface area contributed by atoms with E-state index in [0.29, 0.717) is 22.7 Å². The number of carbonyl (C=O) groups is 1. The van der Waals surface area contributed by atoms with Crippen LogP contribution in [0, 0.1) is 13.8 Å². The van der Waals surface area contributed by atoms with Crippen LogP contribution in [0.3, 0.4) is 0 Å². The van der Waals surface area contributed by atoms with Gasteiger partial charge >= 0.3 is 0 Å². The molecule has 0 aliphatic carbocycles. The maximum absolute atomic E-state index is 12.4. The molecule has 0 radical (unpaired) electrons. The van der Waals surface area contributed by atoms with Gasteiger partial charge < -0.3 is 19.5 Å². The Morgan fingerprint density at radius 1 is 1.13 bits per heavy atom. The molecule has 1 amide bonds. The summed E-state index contributed by atoms with van der Waals surface area (Å²) in [5.41, 5.74) is 3.10. The first-order valence-corrected chi connectivity index (χ1v) is 7.24. The van der Waals surface area contributed by atoms with E-state index >= 15 is 0 Å². The number of carbonyl (C=O) groups excluding carboxylic acids is 1. The summed E-state index contributed by atoms with van der Waals surface area (Å²) in [6, 6.07) is 11.0. The Balaban J connectivity index is 2.27. The van der Waals surface area contributed by atoms with Gasteiger partial charge in [-0.05, 0) is 38.1 Å². The van der Waals surface area contributed by atoms with E-state index in [1.165, 1.54) is 0 Å². The Kier molecular flexibility index (Phi) is 5.60. The molecular formula is C18H21NO4. The number of rotatable bonds is 6. The van der Waals surface area contributed by atoms with Crippen molar-refractivity contribution >= 4 is 11.6 Å². The van der Waals surface area contributed by atoms with Gasteiger partial charge in [0.05, 0.1) is 7.11 Å². The second-order valence-corrected chi connectivity index (χ2v) is 5.14. The van der Waals surface area contributed by atoms with Crippen LogP contribution in [0.5, 0.6) is 11.5 Å². The second kappa shape index (κ2) is 7.65. The predicted octanol–water partition coefficient (Wildman–Crippen LogP) is 3.55. The summed E-state index contributed by atoms with van der Waals surface area (Å²) >= 11 is 0. The van der Waals surface area contributed by atoms with Crippen LogP contribution < -0.4 is 14.8 Å². The first-order chi connectivity index (χ1) is 11.1. The van der Waals surface area contributed by atoms with Crippen LogP contribution in [0.4, 0.5) is 5.69 Å². The van der Waals surface area contributed by atoms with E-state index in [2.05, 4.69) is 5.32 Å². The number of ether oxygens (including phenoxy) is 3. The summed E-state index contributed by atoms with van der Waals surface area (Å²) in [5.74, 6) is 0.976. The molecule has 0 unspecified atom stereocenters. The minimum absolute atomic E-state index is 0.104. The van der Waals surface area contributed by atoms with Gasteiger partial charge in [0.15, 0.2) is 18.3 Å². The zero-order valence-electron chi connectivity index (χ0n) is 13.8. The van der Waals surface area contributed by atoms with Crippen molar-refractivity contribution in [3.63, 3.8) is 0 Å². The molecule has 0 heterocycles. The molecule has 23 heavy (non-hydrogen) atoms. The molecule has 0 saturated heterocycles. The topological polar surface area (TPSA) is 56.8 Å². The summed E-state index contributed by atoms with van der Waals surface area (Å²) < 4.78 is 15.8. The Morgan fingerprint density at radius 2 is 1.91 bits per heavy atom. The fourth-order valence-corrected chi connectivity index (χ4v) is 2.24. The van der Waals surface area contributed by atoms with Crippen LogP contribution >= 0.6 is 0 Å². The lowest BCUT2D eigenvalue weighted by molar-refractivity contribution is 0.0487. The van der Waals surface area contributed by atoms with Gasteiger partial charge in [-0.25, -0.2) is 0 Å². The summed E-state index contributed by atoms with van der Waals surface area (Å²) in [6.07, 6.45) is 0. The van der Waals surface area contributed by atoms with Crippen molar-refractivity contribution in [1.29, 1.82) is 0 Å². The fraction of sp³-hybridized carbons (Fsp3) is 0.278. The highest BCUT2D eigenvalue weighted by Crippen LogP contribution is 2.35. The molecule has 2 rings (SSSR count). The molecular weight excluding hydrogens is 294 g/mol. The molecule has 5 heteroatoms. The number of methoxy groups -OCH3 is 2. The van der Waals surface area contributed by atoms with Gasteiger partial charge in [0, 0.05) is 23.9 Å². The SMILES string of the molecule is COCOc1c(OC)ccc(NC(=O)c2cccc(C)c2)c1C. The molecule has 0 spiro atoms. The molecule has 2 aromatic rings. The third-order valence-corrected chi connectivity index (χ3v) is 3.44. The Labute approximate surface area is 136 Å². The Morgan fingerprint density at radius 3 is 2.57 bits per heavy atom. The number of hydrogen-bond acceptors (Lipinski definition) is 4. The number of amides is 1. The zero-order chi connectivity index (χ0) is 16.8. The van der Waals surface area contributed by atoms with Gasteiger partial charge in [0.25, 0.3) is 5.91 Å². The smallest absolute Gasteiger partial charge is 0.255 e. The lowest BCUT2D eigenvalue weighted by atomic mass is 10.1. The highest BCUT2D eigenvalue weighted by Gasteiger charge is 2.15. The van der Waals surface area contributed by atoms with Crippen molar-refractivity contribution in [3.05, 3.63) is 53.1 Å². The van der Waals surface area contributed by atoms with Crippen LogP contribution in [0.2, 0.25) is 0 Å². The maximum atomic E-state index is 12.4. The fourth-order valence-electron chi connectivity index (χ4n) is 2.24. The van der Waals surface area contributed by atoms with E-state index in [1.807, 2.05) is 32.0 Å². The number of benzene rings is 2. The van der Waals surface area contributed by atoms with Crippen molar-refractivity contribution in [2.45, 2.75) is 13.8 Å². The van der Waals surface area contributed by atoms with Crippen LogP contribution in [-0.2, 0) is 4.74 Å². The number of hydrogen-bond donors (Lipinski definition) is 1. The summed E-state index contributed by atoms with van der Waals surface area (Å²) in [4.78, 5) is 12.4. The maximum Gasteiger partial charge on any atom is 0.255 e. The first kappa shape index (κ1) is 16.8. The van der Waals surface area contributed by atoms with Crippen LogP contribution in [0.1, 0.15) is 21.5 Å². The van der Waals surface area contributed by atoms with Crippen molar-refractivity contribution < 1.29 is 19.0 Å². The predicted molar refractivity (Wildman–Crippen MR) is 89.4 cm³/mol. The van der Waals surface area contributed by atoms with E-state index in [0.717, 1.165) is 11.1 Å². The van der Waals surface area contributed by atoms with Crippen molar-refractivity contribution in [1.82, 2.24) is 0 Å². The molecule has 0 fully saturated rings. The molecule has 0 aliphatic heterocycles. The second-order valence-electron chi connectivity index (χ2n) is 5.14. The van der Waals surface area contributed by atoms with Gasteiger partial charge in [-0.2, -0.15) is 0 Å². The van der Waals surface area contributed by atoms with Crippen molar-refractivity contribution in [2.75, 3.05) is 26.3 Å². The number of nitrogens with one attached hydrogen (secondary N) is 1. The standard InChI is InChI=1S/C18H21NO4/c1-12-6-5-7-14(10-12)18(20)19-15-8-9-16(22-4)17(13(15)2)23-11-21-3/h5-10H,11H2,1-4H3,(H,19,20). The summed E-state index contributed by atoms with van der Waals surface area (Å²) in [6.45, 7) is 3.91. The minimum atomic E-state index is -0.167. The lowest BCUT2D eigenvalue weighted by Gasteiger charge is -2.16. The van der Waals surface area contributed by atoms with Crippen LogP contribution in [0.15, 0.2) is 36.4 Å². The highest BCUT2D eigenvalue weighted by molar-refractivity contribution is 6.05. The zero-order valence-corrected chi connectivity index (χ0v) is 13.8. The minimum Gasteiger partial charge on any atom is -0.493 e. The summed E-state index contributed by atoms with van der Waals surface area (Å²) in [7, 11) is 3.12. The quantitative estimate of drug-likeness (QED) is 0.828. The van der Waals surface area contributed by atoms with Crippen molar-refractivity contribution in [3.8, 4) is 11.5 Å². The van der Waals surface area contributed by atoms with E-state index in [4.69, 9.17) is 14.2 Å². The summed E-state index contributed by atoms with van der Waals surface area (Å²) in [5, 5.41) is 2.91. The van der Waals surface area contributed by atoms with Gasteiger partial charge in [-0.15, -0.1) is 0 Å². The van der Waals surface area contributed by atoms with Gasteiger partial charge in [0.1, 0.15) is 0 Å². The average molecular weight is 315 g/mol. The van der Waals surface area contributed by atoms with Gasteiger partial charge in [0.2, 0.25) is 0 Å². The van der Waals surface area contributed by atoms with Crippen LogP contribution in [0.25, 0.3) is 0 Å². The third kappa shape index (κ3) is 4.02. The molecule has 0 aliphatic rings. The normalized spacial score (nSPS) is 10.3. The highest BCUT2D eigenvalue weighted by atomic mass is 16.7. The van der Waals surface area contributed by atoms with E-state index in [-0.39, 0.29) is 12.7 Å². The molecule has 122 valence electrons. The van der Waals surface area contributed by atoms with E-state index < -0.39 is 0 Å². The largest absolute Gasteiger partial charge is 0.493 e. The van der Waals surface area contributed by atoms with Crippen LogP contribution in [-0.4, -0.2) is 26.9 Å².